The van der Waals surface area contributed by atoms with Gasteiger partial charge in [-0.15, -0.1) is 0 Å². The van der Waals surface area contributed by atoms with Crippen LogP contribution < -0.4 is 0 Å². The number of aryl methyl sites for hydroxylation is 1. The molecule has 14 heavy (non-hydrogen) atoms. The molecule has 0 saturated carbocycles. The minimum Gasteiger partial charge on any atom is -0.342 e. The van der Waals surface area contributed by atoms with Gasteiger partial charge in [0, 0.05) is 6.42 Å². The van der Waals surface area contributed by atoms with Crippen molar-refractivity contribution in [1.29, 1.82) is 5.26 Å². The summed E-state index contributed by atoms with van der Waals surface area (Å²) < 4.78 is 0. The van der Waals surface area contributed by atoms with Gasteiger partial charge in [-0.2, -0.15) is 5.26 Å². The first-order valence-electron chi connectivity index (χ1n) is 4.68. The van der Waals surface area contributed by atoms with E-state index in [1.165, 1.54) is 0 Å². The molecule has 0 aliphatic rings. The molecule has 1 heterocycles. The van der Waals surface area contributed by atoms with Crippen LogP contribution in [0.5, 0.6) is 0 Å². The Hall–Kier alpha value is -1.82. The number of benzene rings is 1. The largest absolute Gasteiger partial charge is 0.342 e. The Labute approximate surface area is 82.4 Å². The lowest BCUT2D eigenvalue weighted by atomic mass is 10.1. The minimum absolute atomic E-state index is 0.455. The highest BCUT2D eigenvalue weighted by Gasteiger charge is 2.01. The highest BCUT2D eigenvalue weighted by Crippen LogP contribution is 2.14. The van der Waals surface area contributed by atoms with E-state index in [9.17, 15) is 0 Å². The Morgan fingerprint density at radius 1 is 1.50 bits per heavy atom. The molecule has 70 valence electrons. The molecule has 2 aromatic rings. The van der Waals surface area contributed by atoms with Crippen molar-refractivity contribution in [2.45, 2.75) is 19.8 Å². The molecular formula is C11H11N3. The molecule has 0 bridgehead atoms. The minimum atomic E-state index is 0.455. The second kappa shape index (κ2) is 3.51. The van der Waals surface area contributed by atoms with E-state index in [2.05, 4.69) is 23.0 Å². The summed E-state index contributed by atoms with van der Waals surface area (Å²) in [5.41, 5.74) is 3.03. The summed E-state index contributed by atoms with van der Waals surface area (Å²) in [6.45, 7) is 2.06. The van der Waals surface area contributed by atoms with Crippen LogP contribution in [0.15, 0.2) is 18.2 Å². The third-order valence-corrected chi connectivity index (χ3v) is 2.21. The maximum atomic E-state index is 8.57. The van der Waals surface area contributed by atoms with Gasteiger partial charge < -0.3 is 4.98 Å². The molecule has 0 saturated heterocycles. The smallest absolute Gasteiger partial charge is 0.106 e. The van der Waals surface area contributed by atoms with Gasteiger partial charge in [0.05, 0.1) is 23.5 Å². The van der Waals surface area contributed by atoms with Crippen molar-refractivity contribution in [3.8, 4) is 6.07 Å². The number of hydrogen-bond acceptors (Lipinski definition) is 2. The van der Waals surface area contributed by atoms with E-state index in [-0.39, 0.29) is 0 Å². The molecule has 3 nitrogen and oxygen atoms in total. The van der Waals surface area contributed by atoms with E-state index >= 15 is 0 Å². The molecule has 0 spiro atoms. The van der Waals surface area contributed by atoms with Gasteiger partial charge in [0.1, 0.15) is 5.82 Å². The van der Waals surface area contributed by atoms with Gasteiger partial charge in [0.2, 0.25) is 0 Å². The first kappa shape index (κ1) is 8.76. The van der Waals surface area contributed by atoms with Crippen molar-refractivity contribution in [2.24, 2.45) is 0 Å². The number of aromatic nitrogens is 2. The molecule has 0 fully saturated rings. The molecule has 0 amide bonds. The van der Waals surface area contributed by atoms with Gasteiger partial charge in [-0.05, 0) is 17.7 Å². The zero-order valence-electron chi connectivity index (χ0n) is 8.04. The number of aromatic amines is 1. The van der Waals surface area contributed by atoms with E-state index in [0.29, 0.717) is 6.42 Å². The lowest BCUT2D eigenvalue weighted by Gasteiger charge is -1.92. The predicted octanol–water partition coefficient (Wildman–Crippen LogP) is 2.19. The monoisotopic (exact) mass is 185 g/mol. The van der Waals surface area contributed by atoms with Gasteiger partial charge in [0.15, 0.2) is 0 Å². The van der Waals surface area contributed by atoms with Crippen LogP contribution >= 0.6 is 0 Å². The van der Waals surface area contributed by atoms with Crippen LogP contribution in [0.2, 0.25) is 0 Å². The maximum absolute atomic E-state index is 8.57. The standard InChI is InChI=1S/C11H11N3/c1-2-11-13-9-4-3-8(5-6-12)7-10(9)14-11/h3-4,7H,2,5H2,1H3,(H,13,14). The third kappa shape index (κ3) is 1.47. The molecular weight excluding hydrogens is 174 g/mol. The van der Waals surface area contributed by atoms with Crippen LogP contribution in [-0.4, -0.2) is 9.97 Å². The second-order valence-corrected chi connectivity index (χ2v) is 3.22. The number of nitrogens with zero attached hydrogens (tertiary/aromatic N) is 2. The van der Waals surface area contributed by atoms with Gasteiger partial charge in [0.25, 0.3) is 0 Å². The molecule has 0 aliphatic heterocycles. The van der Waals surface area contributed by atoms with Crippen molar-refractivity contribution in [3.05, 3.63) is 29.6 Å². The van der Waals surface area contributed by atoms with Gasteiger partial charge in [-0.3, -0.25) is 0 Å². The summed E-state index contributed by atoms with van der Waals surface area (Å²) in [5, 5.41) is 8.57. The van der Waals surface area contributed by atoms with Gasteiger partial charge in [-0.25, -0.2) is 4.98 Å². The number of H-pyrrole nitrogens is 1. The summed E-state index contributed by atoms with van der Waals surface area (Å²) in [5.74, 6) is 0.995. The van der Waals surface area contributed by atoms with E-state index in [1.807, 2.05) is 18.2 Å². The molecule has 1 aromatic carbocycles. The average molecular weight is 185 g/mol. The molecule has 0 atom stereocenters. The van der Waals surface area contributed by atoms with Crippen molar-refractivity contribution in [3.63, 3.8) is 0 Å². The Morgan fingerprint density at radius 2 is 2.36 bits per heavy atom. The fourth-order valence-electron chi connectivity index (χ4n) is 1.48. The Kier molecular flexibility index (Phi) is 2.19. The number of rotatable bonds is 2. The maximum Gasteiger partial charge on any atom is 0.106 e. The number of nitriles is 1. The number of hydrogen-bond donors (Lipinski definition) is 1. The molecule has 1 aromatic heterocycles. The summed E-state index contributed by atoms with van der Waals surface area (Å²) in [6.07, 6.45) is 1.36. The average Bonchev–Trinajstić information content (AvgIpc) is 2.60. The lowest BCUT2D eigenvalue weighted by Crippen LogP contribution is -1.80. The number of nitrogens with one attached hydrogen (secondary N) is 1. The fourth-order valence-corrected chi connectivity index (χ4v) is 1.48. The normalized spacial score (nSPS) is 10.3. The highest BCUT2D eigenvalue weighted by molar-refractivity contribution is 5.75. The van der Waals surface area contributed by atoms with E-state index in [1.54, 1.807) is 0 Å². The molecule has 1 N–H and O–H groups in total. The van der Waals surface area contributed by atoms with Crippen LogP contribution in [0.25, 0.3) is 11.0 Å². The van der Waals surface area contributed by atoms with Gasteiger partial charge >= 0.3 is 0 Å². The van der Waals surface area contributed by atoms with E-state index in [4.69, 9.17) is 5.26 Å². The van der Waals surface area contributed by atoms with Crippen LogP contribution in [-0.2, 0) is 12.8 Å². The SMILES string of the molecule is CCc1nc2ccc(CC#N)cc2[nH]1. The summed E-state index contributed by atoms with van der Waals surface area (Å²) in [7, 11) is 0. The second-order valence-electron chi connectivity index (χ2n) is 3.22. The first-order valence-corrected chi connectivity index (χ1v) is 4.68. The first-order chi connectivity index (χ1) is 6.83. The van der Waals surface area contributed by atoms with E-state index < -0.39 is 0 Å². The van der Waals surface area contributed by atoms with Crippen molar-refractivity contribution >= 4 is 11.0 Å². The Morgan fingerprint density at radius 3 is 3.07 bits per heavy atom. The quantitative estimate of drug-likeness (QED) is 0.779. The van der Waals surface area contributed by atoms with Crippen LogP contribution in [0.4, 0.5) is 0 Å². The van der Waals surface area contributed by atoms with Crippen LogP contribution in [0.1, 0.15) is 18.3 Å². The number of imidazole rings is 1. The highest BCUT2D eigenvalue weighted by atomic mass is 14.9. The zero-order valence-corrected chi connectivity index (χ0v) is 8.04. The van der Waals surface area contributed by atoms with Crippen LogP contribution in [0, 0.1) is 11.3 Å². The number of fused-ring (bicyclic) bond motifs is 1. The van der Waals surface area contributed by atoms with Crippen molar-refractivity contribution in [1.82, 2.24) is 9.97 Å². The van der Waals surface area contributed by atoms with Gasteiger partial charge in [-0.1, -0.05) is 13.0 Å². The van der Waals surface area contributed by atoms with E-state index in [0.717, 1.165) is 28.8 Å². The molecule has 2 rings (SSSR count). The molecule has 3 heteroatoms. The topological polar surface area (TPSA) is 52.5 Å². The zero-order chi connectivity index (χ0) is 9.97. The third-order valence-electron chi connectivity index (χ3n) is 2.21. The van der Waals surface area contributed by atoms with Crippen molar-refractivity contribution in [2.75, 3.05) is 0 Å². The fraction of sp³-hybridized carbons (Fsp3) is 0.273. The molecule has 0 unspecified atom stereocenters. The van der Waals surface area contributed by atoms with Crippen molar-refractivity contribution < 1.29 is 0 Å². The Bertz CT molecular complexity index is 491. The summed E-state index contributed by atoms with van der Waals surface area (Å²) >= 11 is 0. The predicted molar refractivity (Wildman–Crippen MR) is 54.8 cm³/mol. The lowest BCUT2D eigenvalue weighted by molar-refractivity contribution is 1.00. The summed E-state index contributed by atoms with van der Waals surface area (Å²) in [6, 6.07) is 8.03. The van der Waals surface area contributed by atoms with Crippen LogP contribution in [0.3, 0.4) is 0 Å². The Balaban J connectivity index is 2.49. The molecule has 0 aliphatic carbocycles. The summed E-state index contributed by atoms with van der Waals surface area (Å²) in [4.78, 5) is 7.62. The molecule has 0 radical (unpaired) electrons.